The van der Waals surface area contributed by atoms with Gasteiger partial charge in [-0.25, -0.2) is 0 Å². The topological polar surface area (TPSA) is 55.1 Å². The second-order valence-electron chi connectivity index (χ2n) is 5.55. The van der Waals surface area contributed by atoms with Crippen LogP contribution in [0.4, 0.5) is 0 Å². The first kappa shape index (κ1) is 11.7. The summed E-state index contributed by atoms with van der Waals surface area (Å²) in [7, 11) is 0. The summed E-state index contributed by atoms with van der Waals surface area (Å²) < 4.78 is 0. The second kappa shape index (κ2) is 4.73. The van der Waals surface area contributed by atoms with Crippen LogP contribution in [0.1, 0.15) is 40.7 Å². The lowest BCUT2D eigenvalue weighted by Gasteiger charge is -2.12. The molecule has 1 aromatic carbocycles. The molecule has 3 N–H and O–H groups in total. The number of fused-ring (bicyclic) bond motifs is 1. The molecule has 2 aliphatic rings. The van der Waals surface area contributed by atoms with Gasteiger partial charge in [0.2, 0.25) is 0 Å². The molecule has 1 saturated carbocycles. The molecule has 1 fully saturated rings. The van der Waals surface area contributed by atoms with Crippen LogP contribution in [0, 0.1) is 5.92 Å². The highest BCUT2D eigenvalue weighted by Gasteiger charge is 2.28. The van der Waals surface area contributed by atoms with Gasteiger partial charge in [0.15, 0.2) is 0 Å². The number of carbonyl (C=O) groups is 1. The number of aryl methyl sites for hydroxylation is 2. The van der Waals surface area contributed by atoms with Crippen LogP contribution in [0.2, 0.25) is 0 Å². The molecule has 3 rings (SSSR count). The van der Waals surface area contributed by atoms with Gasteiger partial charge in [-0.15, -0.1) is 0 Å². The van der Waals surface area contributed by atoms with Crippen molar-refractivity contribution in [2.45, 2.75) is 38.1 Å². The first-order valence-electron chi connectivity index (χ1n) is 6.89. The zero-order valence-corrected chi connectivity index (χ0v) is 10.6. The highest BCUT2D eigenvalue weighted by Crippen LogP contribution is 2.31. The number of amides is 1. The Morgan fingerprint density at radius 2 is 2.11 bits per heavy atom. The Morgan fingerprint density at radius 1 is 1.33 bits per heavy atom. The fourth-order valence-corrected chi connectivity index (χ4v) is 2.72. The number of hydrogen-bond acceptors (Lipinski definition) is 2. The Balaban J connectivity index is 1.61. The highest BCUT2D eigenvalue weighted by molar-refractivity contribution is 5.94. The van der Waals surface area contributed by atoms with E-state index in [1.807, 2.05) is 12.1 Å². The number of nitrogens with two attached hydrogens (primary N) is 1. The van der Waals surface area contributed by atoms with Gasteiger partial charge in [-0.3, -0.25) is 4.79 Å². The highest BCUT2D eigenvalue weighted by atomic mass is 16.1. The van der Waals surface area contributed by atoms with E-state index in [-0.39, 0.29) is 11.9 Å². The van der Waals surface area contributed by atoms with Crippen LogP contribution < -0.4 is 11.1 Å². The molecule has 1 atom stereocenters. The molecule has 3 heteroatoms. The van der Waals surface area contributed by atoms with Crippen molar-refractivity contribution >= 4 is 5.91 Å². The van der Waals surface area contributed by atoms with Gasteiger partial charge >= 0.3 is 0 Å². The summed E-state index contributed by atoms with van der Waals surface area (Å²) in [5, 5.41) is 2.95. The van der Waals surface area contributed by atoms with E-state index in [9.17, 15) is 4.79 Å². The summed E-state index contributed by atoms with van der Waals surface area (Å²) in [5.41, 5.74) is 9.50. The fourth-order valence-electron chi connectivity index (χ4n) is 2.72. The van der Waals surface area contributed by atoms with Crippen molar-refractivity contribution in [3.05, 3.63) is 34.9 Å². The molecule has 2 aliphatic carbocycles. The van der Waals surface area contributed by atoms with Gasteiger partial charge in [0.1, 0.15) is 0 Å². The average molecular weight is 244 g/mol. The van der Waals surface area contributed by atoms with Crippen LogP contribution in [0.25, 0.3) is 0 Å². The molecule has 0 spiro atoms. The standard InChI is InChI=1S/C15H20N2O/c16-14(11-5-6-11)9-17-15(18)13-7-4-10-2-1-3-12(10)8-13/h4,7-8,11,14H,1-3,5-6,9,16H2,(H,17,18). The average Bonchev–Trinajstić information content (AvgIpc) is 3.13. The molecule has 1 unspecified atom stereocenters. The SMILES string of the molecule is NC(CNC(=O)c1ccc2c(c1)CCC2)C1CC1. The van der Waals surface area contributed by atoms with Gasteiger partial charge in [-0.05, 0) is 61.3 Å². The van der Waals surface area contributed by atoms with Gasteiger partial charge < -0.3 is 11.1 Å². The van der Waals surface area contributed by atoms with E-state index in [0.717, 1.165) is 18.4 Å². The Kier molecular flexibility index (Phi) is 3.08. The van der Waals surface area contributed by atoms with Crippen LogP contribution in [0.3, 0.4) is 0 Å². The lowest BCUT2D eigenvalue weighted by atomic mass is 10.1. The van der Waals surface area contributed by atoms with Crippen molar-refractivity contribution in [2.24, 2.45) is 11.7 Å². The Morgan fingerprint density at radius 3 is 2.89 bits per heavy atom. The summed E-state index contributed by atoms with van der Waals surface area (Å²) in [6.45, 7) is 0.598. The van der Waals surface area contributed by atoms with Crippen molar-refractivity contribution in [3.8, 4) is 0 Å². The van der Waals surface area contributed by atoms with E-state index in [4.69, 9.17) is 5.73 Å². The summed E-state index contributed by atoms with van der Waals surface area (Å²) in [4.78, 5) is 12.0. The van der Waals surface area contributed by atoms with E-state index in [1.165, 1.54) is 30.4 Å². The van der Waals surface area contributed by atoms with Gasteiger partial charge in [-0.1, -0.05) is 6.07 Å². The predicted octanol–water partition coefficient (Wildman–Crippen LogP) is 1.64. The molecule has 0 aliphatic heterocycles. The molecular formula is C15H20N2O. The van der Waals surface area contributed by atoms with Crippen LogP contribution in [0.15, 0.2) is 18.2 Å². The molecule has 0 bridgehead atoms. The van der Waals surface area contributed by atoms with Crippen LogP contribution in [-0.2, 0) is 12.8 Å². The quantitative estimate of drug-likeness (QED) is 0.846. The predicted molar refractivity (Wildman–Crippen MR) is 71.5 cm³/mol. The minimum absolute atomic E-state index is 0.0146. The fraction of sp³-hybridized carbons (Fsp3) is 0.533. The Hall–Kier alpha value is -1.35. The van der Waals surface area contributed by atoms with Crippen LogP contribution >= 0.6 is 0 Å². The van der Waals surface area contributed by atoms with Crippen molar-refractivity contribution in [1.29, 1.82) is 0 Å². The lowest BCUT2D eigenvalue weighted by Crippen LogP contribution is -2.38. The lowest BCUT2D eigenvalue weighted by molar-refractivity contribution is 0.0950. The maximum atomic E-state index is 12.0. The third-order valence-corrected chi connectivity index (χ3v) is 4.09. The van der Waals surface area contributed by atoms with Gasteiger partial charge in [0, 0.05) is 18.2 Å². The number of benzene rings is 1. The maximum absolute atomic E-state index is 12.0. The van der Waals surface area contributed by atoms with E-state index in [1.54, 1.807) is 0 Å². The van der Waals surface area contributed by atoms with E-state index in [2.05, 4.69) is 11.4 Å². The normalized spacial score (nSPS) is 19.4. The molecular weight excluding hydrogens is 224 g/mol. The monoisotopic (exact) mass is 244 g/mol. The number of nitrogens with one attached hydrogen (secondary N) is 1. The summed E-state index contributed by atoms with van der Waals surface area (Å²) in [6, 6.07) is 6.20. The zero-order valence-electron chi connectivity index (χ0n) is 10.6. The molecule has 0 saturated heterocycles. The molecule has 1 aromatic rings. The summed E-state index contributed by atoms with van der Waals surface area (Å²) in [6.07, 6.45) is 5.92. The largest absolute Gasteiger partial charge is 0.350 e. The number of rotatable bonds is 4. The van der Waals surface area contributed by atoms with Crippen molar-refractivity contribution < 1.29 is 4.79 Å². The number of hydrogen-bond donors (Lipinski definition) is 2. The smallest absolute Gasteiger partial charge is 0.251 e. The summed E-state index contributed by atoms with van der Waals surface area (Å²) >= 11 is 0. The minimum atomic E-state index is 0.0146. The number of carbonyl (C=O) groups excluding carboxylic acids is 1. The molecule has 18 heavy (non-hydrogen) atoms. The molecule has 0 heterocycles. The van der Waals surface area contributed by atoms with Gasteiger partial charge in [0.25, 0.3) is 5.91 Å². The Bertz CT molecular complexity index is 466. The van der Waals surface area contributed by atoms with E-state index >= 15 is 0 Å². The third-order valence-electron chi connectivity index (χ3n) is 4.09. The molecule has 96 valence electrons. The van der Waals surface area contributed by atoms with Gasteiger partial charge in [-0.2, -0.15) is 0 Å². The van der Waals surface area contributed by atoms with E-state index in [0.29, 0.717) is 12.5 Å². The molecule has 1 amide bonds. The van der Waals surface area contributed by atoms with Gasteiger partial charge in [0.05, 0.1) is 0 Å². The van der Waals surface area contributed by atoms with Crippen molar-refractivity contribution in [1.82, 2.24) is 5.32 Å². The first-order valence-corrected chi connectivity index (χ1v) is 6.89. The van der Waals surface area contributed by atoms with Crippen molar-refractivity contribution in [3.63, 3.8) is 0 Å². The zero-order chi connectivity index (χ0) is 12.5. The second-order valence-corrected chi connectivity index (χ2v) is 5.55. The summed E-state index contributed by atoms with van der Waals surface area (Å²) in [5.74, 6) is 0.645. The molecule has 0 radical (unpaired) electrons. The van der Waals surface area contributed by atoms with Crippen LogP contribution in [0.5, 0.6) is 0 Å². The minimum Gasteiger partial charge on any atom is -0.350 e. The Labute approximate surface area is 108 Å². The maximum Gasteiger partial charge on any atom is 0.251 e. The first-order chi connectivity index (χ1) is 8.74. The molecule has 0 aromatic heterocycles. The van der Waals surface area contributed by atoms with Crippen LogP contribution in [-0.4, -0.2) is 18.5 Å². The molecule has 3 nitrogen and oxygen atoms in total. The van der Waals surface area contributed by atoms with E-state index < -0.39 is 0 Å². The third kappa shape index (κ3) is 2.41. The van der Waals surface area contributed by atoms with Crippen molar-refractivity contribution in [2.75, 3.05) is 6.54 Å².